The second-order valence-corrected chi connectivity index (χ2v) is 4.84. The van der Waals surface area contributed by atoms with E-state index in [4.69, 9.17) is 4.98 Å². The number of nitrogens with zero attached hydrogens (tertiary/aromatic N) is 1. The van der Waals surface area contributed by atoms with Crippen LogP contribution in [0.2, 0.25) is 0 Å². The molecule has 0 bridgehead atoms. The molecule has 2 N–H and O–H groups in total. The molecule has 0 aromatic carbocycles. The molecule has 0 saturated carbocycles. The lowest BCUT2D eigenvalue weighted by Gasteiger charge is -2.17. The van der Waals surface area contributed by atoms with Crippen molar-refractivity contribution in [3.63, 3.8) is 0 Å². The molecule has 1 atom stereocenters. The highest BCUT2D eigenvalue weighted by molar-refractivity contribution is 5.40. The van der Waals surface area contributed by atoms with Crippen molar-refractivity contribution >= 4 is 5.82 Å². The smallest absolute Gasteiger partial charge is 0.126 e. The van der Waals surface area contributed by atoms with Crippen molar-refractivity contribution in [2.24, 2.45) is 0 Å². The maximum Gasteiger partial charge on any atom is 0.126 e. The molecule has 1 fully saturated rings. The predicted octanol–water partition coefficient (Wildman–Crippen LogP) is 1.73. The van der Waals surface area contributed by atoms with Crippen LogP contribution in [-0.4, -0.2) is 24.1 Å². The predicted molar refractivity (Wildman–Crippen MR) is 65.8 cm³/mol. The molecular weight excluding hydrogens is 198 g/mol. The lowest BCUT2D eigenvalue weighted by molar-refractivity contribution is 0.667. The number of rotatable bonds is 2. The summed E-state index contributed by atoms with van der Waals surface area (Å²) in [6.45, 7) is 2.20. The van der Waals surface area contributed by atoms with Crippen LogP contribution in [-0.2, 0) is 12.8 Å². The first-order valence-corrected chi connectivity index (χ1v) is 6.38. The molecule has 3 heteroatoms. The molecule has 3 rings (SSSR count). The van der Waals surface area contributed by atoms with Crippen LogP contribution in [0.5, 0.6) is 0 Å². The molecule has 16 heavy (non-hydrogen) atoms. The van der Waals surface area contributed by atoms with Gasteiger partial charge in [-0.3, -0.25) is 0 Å². The molecule has 2 heterocycles. The van der Waals surface area contributed by atoms with E-state index in [-0.39, 0.29) is 0 Å². The van der Waals surface area contributed by atoms with Crippen LogP contribution in [0.4, 0.5) is 5.82 Å². The number of hydrogen-bond donors (Lipinski definition) is 2. The molecule has 1 aromatic rings. The Bertz CT molecular complexity index is 369. The fourth-order valence-corrected chi connectivity index (χ4v) is 2.65. The summed E-state index contributed by atoms with van der Waals surface area (Å²) in [5.74, 6) is 1.06. The Balaban J connectivity index is 1.74. The summed E-state index contributed by atoms with van der Waals surface area (Å²) in [7, 11) is 0. The zero-order chi connectivity index (χ0) is 10.8. The molecule has 1 unspecified atom stereocenters. The zero-order valence-electron chi connectivity index (χ0n) is 9.63. The Labute approximate surface area is 96.7 Å². The SMILES string of the molecule is c1cc2c(nc1NC1CCNC1)CCCC2. The summed E-state index contributed by atoms with van der Waals surface area (Å²) in [5.41, 5.74) is 2.78. The second kappa shape index (κ2) is 4.42. The molecule has 0 amide bonds. The Morgan fingerprint density at radius 2 is 2.19 bits per heavy atom. The number of pyridine rings is 1. The van der Waals surface area contributed by atoms with Gasteiger partial charge in [0.2, 0.25) is 0 Å². The highest BCUT2D eigenvalue weighted by Gasteiger charge is 2.16. The number of hydrogen-bond acceptors (Lipinski definition) is 3. The van der Waals surface area contributed by atoms with Crippen molar-refractivity contribution in [1.29, 1.82) is 0 Å². The van der Waals surface area contributed by atoms with Crippen LogP contribution in [0.1, 0.15) is 30.5 Å². The average molecular weight is 217 g/mol. The molecule has 3 nitrogen and oxygen atoms in total. The van der Waals surface area contributed by atoms with Crippen molar-refractivity contribution in [2.45, 2.75) is 38.1 Å². The minimum absolute atomic E-state index is 0.564. The van der Waals surface area contributed by atoms with E-state index in [0.717, 1.165) is 25.3 Å². The van der Waals surface area contributed by atoms with Gasteiger partial charge < -0.3 is 10.6 Å². The summed E-state index contributed by atoms with van der Waals surface area (Å²) in [5, 5.41) is 6.88. The standard InChI is InChI=1S/C13H19N3/c1-2-4-12-10(3-1)5-6-13(16-12)15-11-7-8-14-9-11/h5-6,11,14H,1-4,7-9H2,(H,15,16). The van der Waals surface area contributed by atoms with Gasteiger partial charge >= 0.3 is 0 Å². The van der Waals surface area contributed by atoms with E-state index in [1.54, 1.807) is 0 Å². The molecule has 1 aliphatic heterocycles. The minimum atomic E-state index is 0.564. The molecule has 0 radical (unpaired) electrons. The van der Waals surface area contributed by atoms with Crippen LogP contribution in [0.15, 0.2) is 12.1 Å². The molecule has 2 aliphatic rings. The van der Waals surface area contributed by atoms with Gasteiger partial charge in [0, 0.05) is 18.3 Å². The van der Waals surface area contributed by atoms with E-state index in [1.807, 2.05) is 0 Å². The first-order chi connectivity index (χ1) is 7.92. The second-order valence-electron chi connectivity index (χ2n) is 4.84. The molecular formula is C13H19N3. The number of aryl methyl sites for hydroxylation is 2. The lowest BCUT2D eigenvalue weighted by Crippen LogP contribution is -2.23. The number of nitrogens with one attached hydrogen (secondary N) is 2. The van der Waals surface area contributed by atoms with Crippen LogP contribution < -0.4 is 10.6 Å². The van der Waals surface area contributed by atoms with Crippen molar-refractivity contribution < 1.29 is 0 Å². The van der Waals surface area contributed by atoms with Gasteiger partial charge in [-0.1, -0.05) is 6.07 Å². The highest BCUT2D eigenvalue weighted by atomic mass is 15.1. The van der Waals surface area contributed by atoms with Gasteiger partial charge in [-0.15, -0.1) is 0 Å². The molecule has 1 aliphatic carbocycles. The maximum absolute atomic E-state index is 4.74. The maximum atomic E-state index is 4.74. The fraction of sp³-hybridized carbons (Fsp3) is 0.615. The fourth-order valence-electron chi connectivity index (χ4n) is 2.65. The van der Waals surface area contributed by atoms with Gasteiger partial charge in [-0.2, -0.15) is 0 Å². The van der Waals surface area contributed by atoms with E-state index in [0.29, 0.717) is 6.04 Å². The normalized spacial score (nSPS) is 24.1. The Kier molecular flexibility index (Phi) is 2.79. The quantitative estimate of drug-likeness (QED) is 0.792. The summed E-state index contributed by atoms with van der Waals surface area (Å²) in [6, 6.07) is 4.96. The van der Waals surface area contributed by atoms with Crippen molar-refractivity contribution in [2.75, 3.05) is 18.4 Å². The third-order valence-corrected chi connectivity index (χ3v) is 3.59. The van der Waals surface area contributed by atoms with Crippen LogP contribution in [0, 0.1) is 0 Å². The molecule has 0 spiro atoms. The Hall–Kier alpha value is -1.09. The largest absolute Gasteiger partial charge is 0.366 e. The summed E-state index contributed by atoms with van der Waals surface area (Å²) < 4.78 is 0. The number of anilines is 1. The Morgan fingerprint density at radius 1 is 1.25 bits per heavy atom. The average Bonchev–Trinajstić information content (AvgIpc) is 2.82. The molecule has 1 saturated heterocycles. The van der Waals surface area contributed by atoms with Crippen LogP contribution in [0.25, 0.3) is 0 Å². The van der Waals surface area contributed by atoms with Crippen LogP contribution in [0.3, 0.4) is 0 Å². The topological polar surface area (TPSA) is 37.0 Å². The van der Waals surface area contributed by atoms with E-state index in [9.17, 15) is 0 Å². The number of fused-ring (bicyclic) bond motifs is 1. The van der Waals surface area contributed by atoms with Crippen molar-refractivity contribution in [3.05, 3.63) is 23.4 Å². The molecule has 86 valence electrons. The van der Waals surface area contributed by atoms with E-state index < -0.39 is 0 Å². The third-order valence-electron chi connectivity index (χ3n) is 3.59. The number of aromatic nitrogens is 1. The lowest BCUT2D eigenvalue weighted by atomic mass is 9.96. The minimum Gasteiger partial charge on any atom is -0.366 e. The van der Waals surface area contributed by atoms with Gasteiger partial charge in [0.25, 0.3) is 0 Å². The van der Waals surface area contributed by atoms with E-state index >= 15 is 0 Å². The molecule has 1 aromatic heterocycles. The van der Waals surface area contributed by atoms with E-state index in [1.165, 1.54) is 36.9 Å². The first-order valence-electron chi connectivity index (χ1n) is 6.38. The van der Waals surface area contributed by atoms with Gasteiger partial charge in [-0.05, 0) is 50.3 Å². The third kappa shape index (κ3) is 2.05. The van der Waals surface area contributed by atoms with E-state index in [2.05, 4.69) is 22.8 Å². The highest BCUT2D eigenvalue weighted by Crippen LogP contribution is 2.21. The zero-order valence-corrected chi connectivity index (χ0v) is 9.63. The summed E-state index contributed by atoms with van der Waals surface area (Å²) in [4.78, 5) is 4.74. The first kappa shape index (κ1) is 10.1. The van der Waals surface area contributed by atoms with Gasteiger partial charge in [0.1, 0.15) is 5.82 Å². The summed E-state index contributed by atoms with van der Waals surface area (Å²) >= 11 is 0. The van der Waals surface area contributed by atoms with Crippen molar-refractivity contribution in [3.8, 4) is 0 Å². The van der Waals surface area contributed by atoms with Crippen molar-refractivity contribution in [1.82, 2.24) is 10.3 Å². The van der Waals surface area contributed by atoms with Gasteiger partial charge in [-0.25, -0.2) is 4.98 Å². The Morgan fingerprint density at radius 3 is 3.06 bits per heavy atom. The van der Waals surface area contributed by atoms with Gasteiger partial charge in [0.15, 0.2) is 0 Å². The van der Waals surface area contributed by atoms with Crippen LogP contribution >= 0.6 is 0 Å². The monoisotopic (exact) mass is 217 g/mol. The van der Waals surface area contributed by atoms with Gasteiger partial charge in [0.05, 0.1) is 0 Å². The summed E-state index contributed by atoms with van der Waals surface area (Å²) in [6.07, 6.45) is 6.21.